The molecule has 5 heteroatoms. The summed E-state index contributed by atoms with van der Waals surface area (Å²) in [4.78, 5) is 2.38. The molecule has 0 radical (unpaired) electrons. The quantitative estimate of drug-likeness (QED) is 0.823. The van der Waals surface area contributed by atoms with Crippen molar-refractivity contribution >= 4 is 15.5 Å². The van der Waals surface area contributed by atoms with Crippen LogP contribution in [0.15, 0.2) is 29.2 Å². The van der Waals surface area contributed by atoms with Gasteiger partial charge in [-0.2, -0.15) is 0 Å². The Balaban J connectivity index is 2.36. The zero-order valence-corrected chi connectivity index (χ0v) is 10.3. The SMILES string of the molecule is CC1(N)CN(c2ccccc2S(C)(=O)=O)C1. The van der Waals surface area contributed by atoms with Gasteiger partial charge in [0.25, 0.3) is 0 Å². The van der Waals surface area contributed by atoms with Crippen molar-refractivity contribution in [3.63, 3.8) is 0 Å². The molecule has 0 aliphatic carbocycles. The van der Waals surface area contributed by atoms with Gasteiger partial charge in [-0.25, -0.2) is 8.42 Å². The molecule has 1 fully saturated rings. The van der Waals surface area contributed by atoms with Crippen molar-refractivity contribution < 1.29 is 8.42 Å². The van der Waals surface area contributed by atoms with Crippen LogP contribution in [0, 0.1) is 0 Å². The second kappa shape index (κ2) is 3.46. The van der Waals surface area contributed by atoms with E-state index in [2.05, 4.69) is 0 Å². The number of rotatable bonds is 2. The summed E-state index contributed by atoms with van der Waals surface area (Å²) >= 11 is 0. The first kappa shape index (κ1) is 11.4. The molecule has 0 saturated carbocycles. The van der Waals surface area contributed by atoms with Crippen molar-refractivity contribution in [1.82, 2.24) is 0 Å². The van der Waals surface area contributed by atoms with Gasteiger partial charge in [-0.3, -0.25) is 0 Å². The maximum Gasteiger partial charge on any atom is 0.177 e. The van der Waals surface area contributed by atoms with E-state index in [1.165, 1.54) is 6.26 Å². The number of sulfone groups is 1. The summed E-state index contributed by atoms with van der Waals surface area (Å²) in [6, 6.07) is 7.04. The smallest absolute Gasteiger partial charge is 0.177 e. The first-order valence-electron chi connectivity index (χ1n) is 5.12. The first-order valence-corrected chi connectivity index (χ1v) is 7.02. The fraction of sp³-hybridized carbons (Fsp3) is 0.455. The first-order chi connectivity index (χ1) is 7.30. The minimum Gasteiger partial charge on any atom is -0.367 e. The van der Waals surface area contributed by atoms with Crippen LogP contribution in [0.5, 0.6) is 0 Å². The van der Waals surface area contributed by atoms with Gasteiger partial charge in [0.1, 0.15) is 0 Å². The molecule has 1 heterocycles. The summed E-state index contributed by atoms with van der Waals surface area (Å²) in [6.07, 6.45) is 1.23. The van der Waals surface area contributed by atoms with Crippen LogP contribution < -0.4 is 10.6 Å². The van der Waals surface area contributed by atoms with E-state index in [4.69, 9.17) is 5.73 Å². The summed E-state index contributed by atoms with van der Waals surface area (Å²) < 4.78 is 23.2. The van der Waals surface area contributed by atoms with E-state index in [0.29, 0.717) is 18.0 Å². The average Bonchev–Trinajstić information content (AvgIpc) is 2.12. The molecular formula is C11H16N2O2S. The van der Waals surface area contributed by atoms with Gasteiger partial charge in [-0.1, -0.05) is 12.1 Å². The lowest BCUT2D eigenvalue weighted by atomic mass is 9.93. The maximum absolute atomic E-state index is 11.6. The predicted molar refractivity (Wildman–Crippen MR) is 64.4 cm³/mol. The molecule has 1 aliphatic rings. The highest BCUT2D eigenvalue weighted by Crippen LogP contribution is 2.31. The largest absolute Gasteiger partial charge is 0.367 e. The molecule has 0 aromatic heterocycles. The van der Waals surface area contributed by atoms with Gasteiger partial charge in [0.2, 0.25) is 0 Å². The van der Waals surface area contributed by atoms with Gasteiger partial charge < -0.3 is 10.6 Å². The van der Waals surface area contributed by atoms with Crippen LogP contribution in [0.3, 0.4) is 0 Å². The van der Waals surface area contributed by atoms with Gasteiger partial charge in [0.05, 0.1) is 10.6 Å². The van der Waals surface area contributed by atoms with E-state index in [-0.39, 0.29) is 5.54 Å². The molecule has 2 N–H and O–H groups in total. The van der Waals surface area contributed by atoms with Crippen molar-refractivity contribution in [3.8, 4) is 0 Å². The molecule has 0 bridgehead atoms. The third-order valence-corrected chi connectivity index (χ3v) is 3.85. The number of nitrogens with zero attached hydrogens (tertiary/aromatic N) is 1. The molecule has 0 spiro atoms. The van der Waals surface area contributed by atoms with Gasteiger partial charge in [-0.05, 0) is 19.1 Å². The highest BCUT2D eigenvalue weighted by molar-refractivity contribution is 7.90. The molecule has 16 heavy (non-hydrogen) atoms. The Bertz CT molecular complexity index is 500. The number of anilines is 1. The maximum atomic E-state index is 11.6. The number of para-hydroxylation sites is 1. The molecule has 1 aromatic rings. The minimum atomic E-state index is -3.17. The second-order valence-corrected chi connectivity index (χ2v) is 6.73. The van der Waals surface area contributed by atoms with E-state index in [9.17, 15) is 8.42 Å². The van der Waals surface area contributed by atoms with E-state index in [1.807, 2.05) is 24.0 Å². The van der Waals surface area contributed by atoms with Crippen LogP contribution in [-0.2, 0) is 9.84 Å². The molecule has 0 atom stereocenters. The van der Waals surface area contributed by atoms with Crippen molar-refractivity contribution in [3.05, 3.63) is 24.3 Å². The third-order valence-electron chi connectivity index (χ3n) is 2.71. The Labute approximate surface area is 96.0 Å². The van der Waals surface area contributed by atoms with Crippen LogP contribution in [-0.4, -0.2) is 33.3 Å². The van der Waals surface area contributed by atoms with Gasteiger partial charge >= 0.3 is 0 Å². The number of benzene rings is 1. The standard InChI is InChI=1S/C11H16N2O2S/c1-11(12)7-13(8-11)9-5-3-4-6-10(9)16(2,14)15/h3-6H,7-8,12H2,1-2H3. The Morgan fingerprint density at radius 1 is 1.31 bits per heavy atom. The number of hydrogen-bond donors (Lipinski definition) is 1. The molecule has 88 valence electrons. The number of hydrogen-bond acceptors (Lipinski definition) is 4. The monoisotopic (exact) mass is 240 g/mol. The van der Waals surface area contributed by atoms with Gasteiger partial charge in [0.15, 0.2) is 9.84 Å². The highest BCUT2D eigenvalue weighted by Gasteiger charge is 2.36. The highest BCUT2D eigenvalue weighted by atomic mass is 32.2. The Hall–Kier alpha value is -1.07. The van der Waals surface area contributed by atoms with Crippen LogP contribution in [0.2, 0.25) is 0 Å². The van der Waals surface area contributed by atoms with Crippen LogP contribution >= 0.6 is 0 Å². The Morgan fingerprint density at radius 2 is 1.88 bits per heavy atom. The van der Waals surface area contributed by atoms with Crippen LogP contribution in [0.4, 0.5) is 5.69 Å². The summed E-state index contributed by atoms with van der Waals surface area (Å²) in [6.45, 7) is 3.35. The summed E-state index contributed by atoms with van der Waals surface area (Å²) in [5, 5.41) is 0. The van der Waals surface area contributed by atoms with E-state index in [1.54, 1.807) is 12.1 Å². The van der Waals surface area contributed by atoms with E-state index < -0.39 is 9.84 Å². The van der Waals surface area contributed by atoms with Crippen molar-refractivity contribution in [2.45, 2.75) is 17.4 Å². The summed E-state index contributed by atoms with van der Waals surface area (Å²) in [5.74, 6) is 0. The van der Waals surface area contributed by atoms with Gasteiger partial charge in [-0.15, -0.1) is 0 Å². The van der Waals surface area contributed by atoms with Crippen molar-refractivity contribution in [2.24, 2.45) is 5.73 Å². The Kier molecular flexibility index (Phi) is 2.47. The molecular weight excluding hydrogens is 224 g/mol. The molecule has 1 saturated heterocycles. The fourth-order valence-electron chi connectivity index (χ4n) is 2.03. The lowest BCUT2D eigenvalue weighted by Gasteiger charge is -2.47. The normalized spacial score (nSPS) is 19.3. The van der Waals surface area contributed by atoms with E-state index in [0.717, 1.165) is 5.69 Å². The zero-order chi connectivity index (χ0) is 12.0. The minimum absolute atomic E-state index is 0.204. The summed E-state index contributed by atoms with van der Waals surface area (Å²) in [7, 11) is -3.17. The topological polar surface area (TPSA) is 63.4 Å². The van der Waals surface area contributed by atoms with Crippen LogP contribution in [0.1, 0.15) is 6.92 Å². The average molecular weight is 240 g/mol. The van der Waals surface area contributed by atoms with E-state index >= 15 is 0 Å². The fourth-order valence-corrected chi connectivity index (χ4v) is 2.93. The van der Waals surface area contributed by atoms with Crippen molar-refractivity contribution in [2.75, 3.05) is 24.2 Å². The molecule has 4 nitrogen and oxygen atoms in total. The lowest BCUT2D eigenvalue weighted by molar-refractivity contribution is 0.363. The molecule has 0 amide bonds. The summed E-state index contributed by atoms with van der Waals surface area (Å²) in [5.41, 5.74) is 6.47. The predicted octanol–water partition coefficient (Wildman–Crippen LogP) is 0.627. The van der Waals surface area contributed by atoms with Crippen LogP contribution in [0.25, 0.3) is 0 Å². The molecule has 1 aliphatic heterocycles. The molecule has 0 unspecified atom stereocenters. The molecule has 2 rings (SSSR count). The van der Waals surface area contributed by atoms with Crippen molar-refractivity contribution in [1.29, 1.82) is 0 Å². The molecule has 1 aromatic carbocycles. The Morgan fingerprint density at radius 3 is 2.38 bits per heavy atom. The zero-order valence-electron chi connectivity index (χ0n) is 9.47. The van der Waals surface area contributed by atoms with Gasteiger partial charge in [0, 0.05) is 24.9 Å². The number of nitrogens with two attached hydrogens (primary N) is 1. The third kappa shape index (κ3) is 2.05. The lowest BCUT2D eigenvalue weighted by Crippen LogP contribution is -2.65. The second-order valence-electron chi connectivity index (χ2n) is 4.75.